The maximum atomic E-state index is 12.4. The molecule has 0 saturated heterocycles. The first-order chi connectivity index (χ1) is 13.1. The van der Waals surface area contributed by atoms with Crippen LogP contribution in [0.5, 0.6) is 5.75 Å². The number of pyridine rings is 1. The summed E-state index contributed by atoms with van der Waals surface area (Å²) in [6.45, 7) is 2.35. The Kier molecular flexibility index (Phi) is 4.50. The van der Waals surface area contributed by atoms with E-state index in [0.29, 0.717) is 12.2 Å². The molecular formula is C22H20N2O3. The molecule has 0 saturated carbocycles. The van der Waals surface area contributed by atoms with Gasteiger partial charge in [0.2, 0.25) is 0 Å². The second kappa shape index (κ2) is 7.11. The van der Waals surface area contributed by atoms with Crippen molar-refractivity contribution >= 4 is 5.91 Å². The second-order valence-electron chi connectivity index (χ2n) is 6.75. The highest BCUT2D eigenvalue weighted by Gasteiger charge is 2.23. The highest BCUT2D eigenvalue weighted by molar-refractivity contribution is 5.94. The normalized spacial score (nSPS) is 15.1. The third kappa shape index (κ3) is 3.62. The number of aromatic amines is 1. The number of carbonyl (C=O) groups excluding carboxylic acids is 1. The van der Waals surface area contributed by atoms with Gasteiger partial charge in [-0.25, -0.2) is 0 Å². The summed E-state index contributed by atoms with van der Waals surface area (Å²) in [5, 5.41) is 2.80. The monoisotopic (exact) mass is 360 g/mol. The summed E-state index contributed by atoms with van der Waals surface area (Å²) in [6.07, 6.45) is 0.635. The van der Waals surface area contributed by atoms with Crippen LogP contribution in [-0.2, 0) is 6.42 Å². The smallest absolute Gasteiger partial charge is 0.261 e. The standard InChI is InChI=1S/C22H20N2O3/c1-14-5-4-7-15(11-14)19-10-9-18(22(26)24-19)21(25)23-13-17-12-16-6-2-3-8-20(16)27-17/h2-11,17H,12-13H2,1H3,(H,23,25)(H,24,26). The minimum atomic E-state index is -0.401. The molecule has 0 aliphatic carbocycles. The summed E-state index contributed by atoms with van der Waals surface area (Å²) in [6, 6.07) is 19.0. The van der Waals surface area contributed by atoms with Crippen molar-refractivity contribution < 1.29 is 9.53 Å². The van der Waals surface area contributed by atoms with E-state index in [1.54, 1.807) is 12.1 Å². The van der Waals surface area contributed by atoms with E-state index >= 15 is 0 Å². The molecule has 2 aromatic carbocycles. The molecule has 2 heterocycles. The molecule has 1 aliphatic heterocycles. The van der Waals surface area contributed by atoms with Crippen LogP contribution in [0.25, 0.3) is 11.3 Å². The van der Waals surface area contributed by atoms with E-state index in [0.717, 1.165) is 28.9 Å². The van der Waals surface area contributed by atoms with Gasteiger partial charge in [0.1, 0.15) is 17.4 Å². The number of rotatable bonds is 4. The third-order valence-corrected chi connectivity index (χ3v) is 4.69. The molecule has 0 bridgehead atoms. The molecule has 5 heteroatoms. The number of benzene rings is 2. The molecule has 136 valence electrons. The Labute approximate surface area is 157 Å². The van der Waals surface area contributed by atoms with Gasteiger partial charge < -0.3 is 15.0 Å². The first-order valence-corrected chi connectivity index (χ1v) is 8.93. The van der Waals surface area contributed by atoms with Crippen molar-refractivity contribution in [2.75, 3.05) is 6.54 Å². The van der Waals surface area contributed by atoms with Crippen LogP contribution < -0.4 is 15.6 Å². The minimum Gasteiger partial charge on any atom is -0.488 e. The molecule has 2 N–H and O–H groups in total. The molecule has 1 aromatic heterocycles. The van der Waals surface area contributed by atoms with Gasteiger partial charge in [0.25, 0.3) is 11.5 Å². The van der Waals surface area contributed by atoms with Gasteiger partial charge in [-0.2, -0.15) is 0 Å². The van der Waals surface area contributed by atoms with Gasteiger partial charge in [-0.05, 0) is 42.3 Å². The van der Waals surface area contributed by atoms with E-state index in [1.807, 2.05) is 55.5 Å². The number of aromatic nitrogens is 1. The first kappa shape index (κ1) is 17.1. The molecule has 0 spiro atoms. The fraction of sp³-hybridized carbons (Fsp3) is 0.182. The lowest BCUT2D eigenvalue weighted by Gasteiger charge is -2.12. The molecule has 1 unspecified atom stereocenters. The summed E-state index contributed by atoms with van der Waals surface area (Å²) in [4.78, 5) is 27.6. The number of aryl methyl sites for hydroxylation is 1. The van der Waals surface area contributed by atoms with E-state index in [2.05, 4.69) is 10.3 Å². The predicted molar refractivity (Wildman–Crippen MR) is 104 cm³/mol. The molecule has 27 heavy (non-hydrogen) atoms. The Balaban J connectivity index is 1.43. The highest BCUT2D eigenvalue weighted by atomic mass is 16.5. The Hall–Kier alpha value is -3.34. The topological polar surface area (TPSA) is 71.2 Å². The molecule has 1 atom stereocenters. The van der Waals surface area contributed by atoms with Crippen LogP contribution in [0.3, 0.4) is 0 Å². The number of para-hydroxylation sites is 1. The zero-order valence-corrected chi connectivity index (χ0v) is 15.0. The van der Waals surface area contributed by atoms with Gasteiger partial charge in [0.05, 0.1) is 6.54 Å². The van der Waals surface area contributed by atoms with Crippen LogP contribution in [0.2, 0.25) is 0 Å². The van der Waals surface area contributed by atoms with Gasteiger partial charge in [0, 0.05) is 12.1 Å². The van der Waals surface area contributed by atoms with Crippen LogP contribution in [0.15, 0.2) is 65.5 Å². The van der Waals surface area contributed by atoms with Crippen molar-refractivity contribution in [3.8, 4) is 17.0 Å². The molecule has 5 nitrogen and oxygen atoms in total. The van der Waals surface area contributed by atoms with Crippen molar-refractivity contribution in [1.82, 2.24) is 10.3 Å². The van der Waals surface area contributed by atoms with Gasteiger partial charge >= 0.3 is 0 Å². The summed E-state index contributed by atoms with van der Waals surface area (Å²) >= 11 is 0. The van der Waals surface area contributed by atoms with Crippen molar-refractivity contribution in [3.63, 3.8) is 0 Å². The van der Waals surface area contributed by atoms with Crippen LogP contribution in [-0.4, -0.2) is 23.5 Å². The number of H-pyrrole nitrogens is 1. The summed E-state index contributed by atoms with van der Waals surface area (Å²) in [5.41, 5.74) is 3.54. The molecule has 1 aliphatic rings. The first-order valence-electron chi connectivity index (χ1n) is 8.93. The average molecular weight is 360 g/mol. The zero-order chi connectivity index (χ0) is 18.8. The number of fused-ring (bicyclic) bond motifs is 1. The number of nitrogens with one attached hydrogen (secondary N) is 2. The van der Waals surface area contributed by atoms with Crippen LogP contribution >= 0.6 is 0 Å². The Morgan fingerprint density at radius 1 is 1.15 bits per heavy atom. The SMILES string of the molecule is Cc1cccc(-c2ccc(C(=O)NCC3Cc4ccccc4O3)c(=O)[nH]2)c1. The second-order valence-corrected chi connectivity index (χ2v) is 6.75. The van der Waals surface area contributed by atoms with Gasteiger partial charge in [-0.15, -0.1) is 0 Å². The quantitative estimate of drug-likeness (QED) is 0.751. The summed E-state index contributed by atoms with van der Waals surface area (Å²) < 4.78 is 5.81. The van der Waals surface area contributed by atoms with Crippen LogP contribution in [0, 0.1) is 6.92 Å². The van der Waals surface area contributed by atoms with Crippen molar-refractivity contribution in [2.24, 2.45) is 0 Å². The van der Waals surface area contributed by atoms with Crippen LogP contribution in [0.1, 0.15) is 21.5 Å². The van der Waals surface area contributed by atoms with Crippen molar-refractivity contribution in [2.45, 2.75) is 19.4 Å². The van der Waals surface area contributed by atoms with Gasteiger partial charge in [-0.3, -0.25) is 9.59 Å². The Bertz CT molecular complexity index is 1030. The predicted octanol–water partition coefficient (Wildman–Crippen LogP) is 3.08. The third-order valence-electron chi connectivity index (χ3n) is 4.69. The molecule has 0 fully saturated rings. The summed E-state index contributed by atoms with van der Waals surface area (Å²) in [7, 11) is 0. The largest absolute Gasteiger partial charge is 0.488 e. The molecule has 1 amide bonds. The Morgan fingerprint density at radius 3 is 2.78 bits per heavy atom. The molecule has 4 rings (SSSR count). The Morgan fingerprint density at radius 2 is 2.00 bits per heavy atom. The minimum absolute atomic E-state index is 0.0990. The van der Waals surface area contributed by atoms with E-state index in [4.69, 9.17) is 4.74 Å². The van der Waals surface area contributed by atoms with Crippen LogP contribution in [0.4, 0.5) is 0 Å². The van der Waals surface area contributed by atoms with E-state index in [1.165, 1.54) is 0 Å². The maximum Gasteiger partial charge on any atom is 0.261 e. The number of amides is 1. The number of ether oxygens (including phenoxy) is 1. The lowest BCUT2D eigenvalue weighted by Crippen LogP contribution is -2.36. The van der Waals surface area contributed by atoms with E-state index in [-0.39, 0.29) is 11.7 Å². The number of carbonyl (C=O) groups is 1. The summed E-state index contributed by atoms with van der Waals surface area (Å²) in [5.74, 6) is 0.462. The highest BCUT2D eigenvalue weighted by Crippen LogP contribution is 2.27. The fourth-order valence-corrected chi connectivity index (χ4v) is 3.30. The molecule has 3 aromatic rings. The van der Waals surface area contributed by atoms with Crippen molar-refractivity contribution in [1.29, 1.82) is 0 Å². The lowest BCUT2D eigenvalue weighted by molar-refractivity contribution is 0.0932. The number of hydrogen-bond donors (Lipinski definition) is 2. The van der Waals surface area contributed by atoms with Gasteiger partial charge in [0.15, 0.2) is 0 Å². The molecule has 0 radical (unpaired) electrons. The van der Waals surface area contributed by atoms with Gasteiger partial charge in [-0.1, -0.05) is 42.0 Å². The maximum absolute atomic E-state index is 12.4. The lowest BCUT2D eigenvalue weighted by atomic mass is 10.1. The molecular weight excluding hydrogens is 340 g/mol. The van der Waals surface area contributed by atoms with Crippen molar-refractivity contribution in [3.05, 3.63) is 87.7 Å². The number of hydrogen-bond acceptors (Lipinski definition) is 3. The zero-order valence-electron chi connectivity index (χ0n) is 15.0. The van der Waals surface area contributed by atoms with E-state index < -0.39 is 11.5 Å². The van der Waals surface area contributed by atoms with E-state index in [9.17, 15) is 9.59 Å². The fourth-order valence-electron chi connectivity index (χ4n) is 3.30. The average Bonchev–Trinajstić information content (AvgIpc) is 3.09.